The summed E-state index contributed by atoms with van der Waals surface area (Å²) < 4.78 is 19.8. The number of aliphatic carboxylic acids is 1. The Morgan fingerprint density at radius 1 is 1.52 bits per heavy atom. The molecule has 0 aliphatic rings. The van der Waals surface area contributed by atoms with Crippen LogP contribution in [0.4, 0.5) is 4.39 Å². The molecule has 7 nitrogen and oxygen atoms in total. The smallest absolute Gasteiger partial charge is 0.305 e. The van der Waals surface area contributed by atoms with Crippen molar-refractivity contribution in [3.8, 4) is 17.1 Å². The van der Waals surface area contributed by atoms with Gasteiger partial charge in [-0.3, -0.25) is 4.79 Å². The second-order valence-corrected chi connectivity index (χ2v) is 4.46. The summed E-state index contributed by atoms with van der Waals surface area (Å²) in [5.41, 5.74) is 0.557. The van der Waals surface area contributed by atoms with Crippen LogP contribution in [0, 0.1) is 5.82 Å². The predicted molar refractivity (Wildman–Crippen MR) is 71.3 cm³/mol. The molecule has 0 amide bonds. The van der Waals surface area contributed by atoms with E-state index in [1.807, 2.05) is 6.92 Å². The molecule has 0 fully saturated rings. The summed E-state index contributed by atoms with van der Waals surface area (Å²) in [5, 5.41) is 20.3. The molecular formula is C13H15FN4O3. The third-order valence-electron chi connectivity index (χ3n) is 3.13. The molecule has 1 aromatic heterocycles. The highest BCUT2D eigenvalue weighted by Crippen LogP contribution is 2.27. The Labute approximate surface area is 120 Å². The van der Waals surface area contributed by atoms with E-state index in [-0.39, 0.29) is 18.2 Å². The summed E-state index contributed by atoms with van der Waals surface area (Å²) in [5.74, 6) is -0.965. The summed E-state index contributed by atoms with van der Waals surface area (Å²) in [6.45, 7) is 1.85. The van der Waals surface area contributed by atoms with Gasteiger partial charge in [-0.05, 0) is 35.0 Å². The molecule has 1 atom stereocenters. The van der Waals surface area contributed by atoms with E-state index in [1.54, 1.807) is 0 Å². The number of hydrogen-bond donors (Lipinski definition) is 1. The first-order valence-electron chi connectivity index (χ1n) is 6.40. The lowest BCUT2D eigenvalue weighted by atomic mass is 10.1. The van der Waals surface area contributed by atoms with Crippen LogP contribution in [0.25, 0.3) is 11.4 Å². The van der Waals surface area contributed by atoms with E-state index < -0.39 is 11.8 Å². The number of benzene rings is 1. The predicted octanol–water partition coefficient (Wildman–Crippen LogP) is 1.91. The maximum absolute atomic E-state index is 13.4. The third kappa shape index (κ3) is 3.15. The number of rotatable bonds is 6. The number of nitrogens with zero attached hydrogens (tertiary/aromatic N) is 4. The Morgan fingerprint density at radius 3 is 2.90 bits per heavy atom. The lowest BCUT2D eigenvalue weighted by Crippen LogP contribution is -2.15. The number of hydrogen-bond acceptors (Lipinski definition) is 5. The van der Waals surface area contributed by atoms with Crippen molar-refractivity contribution in [1.29, 1.82) is 0 Å². The van der Waals surface area contributed by atoms with Crippen LogP contribution in [0.5, 0.6) is 5.75 Å². The van der Waals surface area contributed by atoms with E-state index in [0.29, 0.717) is 17.8 Å². The SMILES string of the molecule is CCC(CC(=O)O)n1nnnc1-c1ccc(F)c(OC)c1. The van der Waals surface area contributed by atoms with E-state index in [2.05, 4.69) is 15.5 Å². The molecule has 0 saturated heterocycles. The maximum Gasteiger partial charge on any atom is 0.305 e. The van der Waals surface area contributed by atoms with Crippen molar-refractivity contribution in [2.75, 3.05) is 7.11 Å². The lowest BCUT2D eigenvalue weighted by Gasteiger charge is -2.14. The van der Waals surface area contributed by atoms with Crippen molar-refractivity contribution < 1.29 is 19.0 Å². The summed E-state index contributed by atoms with van der Waals surface area (Å²) >= 11 is 0. The molecule has 2 rings (SSSR count). The molecule has 1 N–H and O–H groups in total. The Hall–Kier alpha value is -2.51. The van der Waals surface area contributed by atoms with Gasteiger partial charge in [0.25, 0.3) is 0 Å². The van der Waals surface area contributed by atoms with Gasteiger partial charge in [-0.1, -0.05) is 6.92 Å². The van der Waals surface area contributed by atoms with Crippen LogP contribution in [0.1, 0.15) is 25.8 Å². The number of methoxy groups -OCH3 is 1. The standard InChI is InChI=1S/C13H15FN4O3/c1-3-9(7-12(19)20)18-13(15-16-17-18)8-4-5-10(14)11(6-8)21-2/h4-6,9H,3,7H2,1-2H3,(H,19,20). The Morgan fingerprint density at radius 2 is 2.29 bits per heavy atom. The average molecular weight is 294 g/mol. The first-order valence-corrected chi connectivity index (χ1v) is 6.40. The molecule has 0 aliphatic heterocycles. The van der Waals surface area contributed by atoms with Crippen LogP contribution in [0.15, 0.2) is 18.2 Å². The van der Waals surface area contributed by atoms with Gasteiger partial charge < -0.3 is 9.84 Å². The van der Waals surface area contributed by atoms with Crippen LogP contribution >= 0.6 is 0 Å². The fourth-order valence-electron chi connectivity index (χ4n) is 2.03. The molecular weight excluding hydrogens is 279 g/mol. The molecule has 8 heteroatoms. The van der Waals surface area contributed by atoms with Crippen molar-refractivity contribution in [3.05, 3.63) is 24.0 Å². The summed E-state index contributed by atoms with van der Waals surface area (Å²) in [7, 11) is 1.37. The second-order valence-electron chi connectivity index (χ2n) is 4.46. The molecule has 0 aliphatic carbocycles. The first-order chi connectivity index (χ1) is 10.1. The minimum absolute atomic E-state index is 0.0772. The quantitative estimate of drug-likeness (QED) is 0.875. The van der Waals surface area contributed by atoms with Gasteiger partial charge in [-0.15, -0.1) is 5.10 Å². The highest BCUT2D eigenvalue weighted by molar-refractivity contribution is 5.67. The minimum atomic E-state index is -0.931. The van der Waals surface area contributed by atoms with Crippen molar-refractivity contribution in [1.82, 2.24) is 20.2 Å². The van der Waals surface area contributed by atoms with E-state index in [1.165, 1.54) is 30.0 Å². The topological polar surface area (TPSA) is 90.1 Å². The molecule has 0 radical (unpaired) electrons. The van der Waals surface area contributed by atoms with E-state index in [0.717, 1.165) is 0 Å². The average Bonchev–Trinajstić information content (AvgIpc) is 2.94. The van der Waals surface area contributed by atoms with Gasteiger partial charge in [0.1, 0.15) is 0 Å². The van der Waals surface area contributed by atoms with Gasteiger partial charge in [-0.2, -0.15) is 0 Å². The monoisotopic (exact) mass is 294 g/mol. The number of carbonyl (C=O) groups is 1. The fourth-order valence-corrected chi connectivity index (χ4v) is 2.03. The highest BCUT2D eigenvalue weighted by Gasteiger charge is 2.20. The number of aromatic nitrogens is 4. The normalized spacial score (nSPS) is 12.1. The molecule has 1 aromatic carbocycles. The number of carboxylic acids is 1. The number of ether oxygens (including phenoxy) is 1. The van der Waals surface area contributed by atoms with Gasteiger partial charge >= 0.3 is 5.97 Å². The molecule has 112 valence electrons. The molecule has 21 heavy (non-hydrogen) atoms. The van der Waals surface area contributed by atoms with Crippen LogP contribution in [-0.2, 0) is 4.79 Å². The van der Waals surface area contributed by atoms with E-state index >= 15 is 0 Å². The van der Waals surface area contributed by atoms with Crippen LogP contribution in [-0.4, -0.2) is 38.4 Å². The summed E-state index contributed by atoms with van der Waals surface area (Å²) in [6, 6.07) is 3.88. The molecule has 1 unspecified atom stereocenters. The van der Waals surface area contributed by atoms with Crippen LogP contribution in [0.2, 0.25) is 0 Å². The van der Waals surface area contributed by atoms with Gasteiger partial charge in [0, 0.05) is 5.56 Å². The van der Waals surface area contributed by atoms with E-state index in [4.69, 9.17) is 9.84 Å². The zero-order valence-corrected chi connectivity index (χ0v) is 11.7. The molecule has 1 heterocycles. The van der Waals surface area contributed by atoms with Crippen molar-refractivity contribution in [2.24, 2.45) is 0 Å². The van der Waals surface area contributed by atoms with Gasteiger partial charge in [0.2, 0.25) is 0 Å². The lowest BCUT2D eigenvalue weighted by molar-refractivity contribution is -0.138. The van der Waals surface area contributed by atoms with E-state index in [9.17, 15) is 9.18 Å². The van der Waals surface area contributed by atoms with Crippen molar-refractivity contribution >= 4 is 5.97 Å². The van der Waals surface area contributed by atoms with Gasteiger partial charge in [0.05, 0.1) is 19.6 Å². The number of halogens is 1. The molecule has 0 bridgehead atoms. The first kappa shape index (κ1) is 14.9. The molecule has 0 spiro atoms. The Balaban J connectivity index is 2.42. The summed E-state index contributed by atoms with van der Waals surface area (Å²) in [6.07, 6.45) is 0.468. The Bertz CT molecular complexity index is 644. The minimum Gasteiger partial charge on any atom is -0.494 e. The maximum atomic E-state index is 13.4. The van der Waals surface area contributed by atoms with Gasteiger partial charge in [-0.25, -0.2) is 9.07 Å². The third-order valence-corrected chi connectivity index (χ3v) is 3.13. The van der Waals surface area contributed by atoms with Crippen molar-refractivity contribution in [3.63, 3.8) is 0 Å². The number of tetrazole rings is 1. The zero-order valence-electron chi connectivity index (χ0n) is 11.7. The largest absolute Gasteiger partial charge is 0.494 e. The van der Waals surface area contributed by atoms with Crippen LogP contribution < -0.4 is 4.74 Å². The summed E-state index contributed by atoms with van der Waals surface area (Å²) in [4.78, 5) is 10.9. The fraction of sp³-hybridized carbons (Fsp3) is 0.385. The zero-order chi connectivity index (χ0) is 15.4. The number of carboxylic acid groups (broad SMARTS) is 1. The second kappa shape index (κ2) is 6.29. The Kier molecular flexibility index (Phi) is 4.46. The van der Waals surface area contributed by atoms with Crippen LogP contribution in [0.3, 0.4) is 0 Å². The molecule has 2 aromatic rings. The van der Waals surface area contributed by atoms with Gasteiger partial charge in [0.15, 0.2) is 17.4 Å². The van der Waals surface area contributed by atoms with Crippen molar-refractivity contribution in [2.45, 2.75) is 25.8 Å². The highest BCUT2D eigenvalue weighted by atomic mass is 19.1. The molecule has 0 saturated carbocycles.